The molecule has 0 radical (unpaired) electrons. The van der Waals surface area contributed by atoms with Gasteiger partial charge in [-0.05, 0) is 18.8 Å². The van der Waals surface area contributed by atoms with E-state index in [-0.39, 0.29) is 0 Å². The predicted octanol–water partition coefficient (Wildman–Crippen LogP) is 2.24. The van der Waals surface area contributed by atoms with Crippen molar-refractivity contribution in [3.05, 3.63) is 17.5 Å². The first-order valence-electron chi connectivity index (χ1n) is 6.62. The summed E-state index contributed by atoms with van der Waals surface area (Å²) in [5.41, 5.74) is 0. The Labute approximate surface area is 112 Å². The highest BCUT2D eigenvalue weighted by Gasteiger charge is 2.30. The van der Waals surface area contributed by atoms with E-state index in [1.54, 1.807) is 6.20 Å². The van der Waals surface area contributed by atoms with Gasteiger partial charge >= 0.3 is 0 Å². The Morgan fingerprint density at radius 2 is 2.11 bits per heavy atom. The molecule has 1 aromatic rings. The maximum Gasteiger partial charge on any atom is 0.233 e. The highest BCUT2D eigenvalue weighted by molar-refractivity contribution is 6.29. The first-order valence-corrected chi connectivity index (χ1v) is 7.00. The molecule has 1 aliphatic heterocycles. The van der Waals surface area contributed by atoms with Gasteiger partial charge in [0.15, 0.2) is 5.15 Å². The molecule has 2 aliphatic rings. The molecule has 1 aromatic heterocycles. The van der Waals surface area contributed by atoms with Gasteiger partial charge in [0.1, 0.15) is 0 Å². The molecule has 1 saturated carbocycles. The molecule has 4 nitrogen and oxygen atoms in total. The molecule has 0 spiro atoms. The molecule has 2 heterocycles. The van der Waals surface area contributed by atoms with E-state index in [4.69, 9.17) is 16.3 Å². The van der Waals surface area contributed by atoms with Gasteiger partial charge in [-0.1, -0.05) is 18.0 Å². The average molecular weight is 268 g/mol. The van der Waals surface area contributed by atoms with Crippen molar-refractivity contribution in [1.29, 1.82) is 0 Å². The molecule has 1 aliphatic carbocycles. The Hall–Kier alpha value is -0.870. The second kappa shape index (κ2) is 5.41. The quantitative estimate of drug-likeness (QED) is 0.820. The second-order valence-electron chi connectivity index (χ2n) is 5.37. The molecule has 0 aromatic carbocycles. The standard InChI is InChI=1S/C13H18ClN3O/c14-12-4-15-5-13(16-12)18-9-11-7-17(8-11)6-10-2-1-3-10/h4-5,10-11H,1-3,6-9H2. The van der Waals surface area contributed by atoms with Gasteiger partial charge < -0.3 is 9.64 Å². The van der Waals surface area contributed by atoms with Crippen LogP contribution in [0.5, 0.6) is 5.88 Å². The molecule has 5 heteroatoms. The lowest BCUT2D eigenvalue weighted by molar-refractivity contribution is 0.0358. The van der Waals surface area contributed by atoms with Crippen LogP contribution < -0.4 is 4.74 Å². The third kappa shape index (κ3) is 2.93. The highest BCUT2D eigenvalue weighted by Crippen LogP contribution is 2.29. The summed E-state index contributed by atoms with van der Waals surface area (Å²) in [4.78, 5) is 10.5. The number of hydrogen-bond acceptors (Lipinski definition) is 4. The number of rotatable bonds is 5. The highest BCUT2D eigenvalue weighted by atomic mass is 35.5. The molecular weight excluding hydrogens is 250 g/mol. The normalized spacial score (nSPS) is 21.4. The van der Waals surface area contributed by atoms with E-state index in [1.807, 2.05) is 0 Å². The van der Waals surface area contributed by atoms with Gasteiger partial charge in [0.2, 0.25) is 5.88 Å². The van der Waals surface area contributed by atoms with Gasteiger partial charge in [-0.3, -0.25) is 4.98 Å². The number of halogens is 1. The number of ether oxygens (including phenoxy) is 1. The van der Waals surface area contributed by atoms with Gasteiger partial charge in [0.25, 0.3) is 0 Å². The molecular formula is C13H18ClN3O. The summed E-state index contributed by atoms with van der Waals surface area (Å²) in [5, 5.41) is 0.382. The van der Waals surface area contributed by atoms with Crippen molar-refractivity contribution < 1.29 is 4.74 Å². The van der Waals surface area contributed by atoms with Gasteiger partial charge in [0.05, 0.1) is 19.0 Å². The first-order chi connectivity index (χ1) is 8.79. The van der Waals surface area contributed by atoms with Crippen LogP contribution in [0.3, 0.4) is 0 Å². The summed E-state index contributed by atoms with van der Waals surface area (Å²) in [5.74, 6) is 2.12. The van der Waals surface area contributed by atoms with E-state index < -0.39 is 0 Å². The summed E-state index contributed by atoms with van der Waals surface area (Å²) < 4.78 is 5.60. The van der Waals surface area contributed by atoms with Crippen LogP contribution in [0.1, 0.15) is 19.3 Å². The fraction of sp³-hybridized carbons (Fsp3) is 0.692. The topological polar surface area (TPSA) is 38.2 Å². The molecule has 0 atom stereocenters. The predicted molar refractivity (Wildman–Crippen MR) is 69.8 cm³/mol. The van der Waals surface area contributed by atoms with E-state index in [2.05, 4.69) is 14.9 Å². The number of likely N-dealkylation sites (tertiary alicyclic amines) is 1. The molecule has 1 saturated heterocycles. The largest absolute Gasteiger partial charge is 0.476 e. The molecule has 98 valence electrons. The lowest BCUT2D eigenvalue weighted by Crippen LogP contribution is -2.51. The summed E-state index contributed by atoms with van der Waals surface area (Å²) in [6, 6.07) is 0. The summed E-state index contributed by atoms with van der Waals surface area (Å²) in [6.45, 7) is 4.32. The Morgan fingerprint density at radius 3 is 2.78 bits per heavy atom. The zero-order valence-electron chi connectivity index (χ0n) is 10.4. The van der Waals surface area contributed by atoms with Gasteiger partial charge in [-0.25, -0.2) is 0 Å². The maximum absolute atomic E-state index is 5.75. The number of hydrogen-bond donors (Lipinski definition) is 0. The zero-order chi connectivity index (χ0) is 12.4. The molecule has 0 amide bonds. The van der Waals surface area contributed by atoms with E-state index in [9.17, 15) is 0 Å². The van der Waals surface area contributed by atoms with Crippen LogP contribution in [0.4, 0.5) is 0 Å². The minimum absolute atomic E-state index is 0.382. The zero-order valence-corrected chi connectivity index (χ0v) is 11.1. The molecule has 3 rings (SSSR count). The SMILES string of the molecule is Clc1cncc(OCC2CN(CC3CCC3)C2)n1. The van der Waals surface area contributed by atoms with E-state index in [0.717, 1.165) is 25.6 Å². The molecule has 0 unspecified atom stereocenters. The van der Waals surface area contributed by atoms with Crippen molar-refractivity contribution in [2.45, 2.75) is 19.3 Å². The van der Waals surface area contributed by atoms with E-state index in [0.29, 0.717) is 17.0 Å². The number of nitrogens with zero attached hydrogens (tertiary/aromatic N) is 3. The summed E-state index contributed by atoms with van der Waals surface area (Å²) in [6.07, 6.45) is 7.40. The van der Waals surface area contributed by atoms with Crippen LogP contribution in [-0.4, -0.2) is 41.1 Å². The van der Waals surface area contributed by atoms with E-state index >= 15 is 0 Å². The third-order valence-electron chi connectivity index (χ3n) is 3.82. The summed E-state index contributed by atoms with van der Waals surface area (Å²) in [7, 11) is 0. The van der Waals surface area contributed by atoms with Crippen molar-refractivity contribution in [2.24, 2.45) is 11.8 Å². The maximum atomic E-state index is 5.75. The van der Waals surface area contributed by atoms with Crippen molar-refractivity contribution in [2.75, 3.05) is 26.2 Å². The second-order valence-corrected chi connectivity index (χ2v) is 5.76. The first kappa shape index (κ1) is 12.2. The van der Waals surface area contributed by atoms with Crippen molar-refractivity contribution in [3.8, 4) is 5.88 Å². The van der Waals surface area contributed by atoms with Crippen LogP contribution in [-0.2, 0) is 0 Å². The minimum Gasteiger partial charge on any atom is -0.476 e. The van der Waals surface area contributed by atoms with Crippen molar-refractivity contribution in [1.82, 2.24) is 14.9 Å². The molecule has 0 N–H and O–H groups in total. The smallest absolute Gasteiger partial charge is 0.233 e. The Bertz CT molecular complexity index is 405. The number of aromatic nitrogens is 2. The summed E-state index contributed by atoms with van der Waals surface area (Å²) >= 11 is 5.75. The van der Waals surface area contributed by atoms with Crippen LogP contribution in [0.2, 0.25) is 5.15 Å². The minimum atomic E-state index is 0.382. The van der Waals surface area contributed by atoms with Crippen molar-refractivity contribution in [3.63, 3.8) is 0 Å². The van der Waals surface area contributed by atoms with Crippen LogP contribution in [0, 0.1) is 11.8 Å². The van der Waals surface area contributed by atoms with Crippen LogP contribution in [0.25, 0.3) is 0 Å². The van der Waals surface area contributed by atoms with Crippen LogP contribution in [0.15, 0.2) is 12.4 Å². The Balaban J connectivity index is 1.35. The third-order valence-corrected chi connectivity index (χ3v) is 4.01. The van der Waals surface area contributed by atoms with Crippen LogP contribution >= 0.6 is 11.6 Å². The lowest BCUT2D eigenvalue weighted by Gasteiger charge is -2.42. The van der Waals surface area contributed by atoms with E-state index in [1.165, 1.54) is 32.0 Å². The Kier molecular flexibility index (Phi) is 3.66. The molecule has 2 fully saturated rings. The van der Waals surface area contributed by atoms with Gasteiger partial charge in [0, 0.05) is 25.6 Å². The van der Waals surface area contributed by atoms with Gasteiger partial charge in [-0.2, -0.15) is 4.98 Å². The fourth-order valence-corrected chi connectivity index (χ4v) is 2.71. The lowest BCUT2D eigenvalue weighted by atomic mass is 9.84. The molecule has 18 heavy (non-hydrogen) atoms. The van der Waals surface area contributed by atoms with Crippen molar-refractivity contribution >= 4 is 11.6 Å². The Morgan fingerprint density at radius 1 is 1.28 bits per heavy atom. The average Bonchev–Trinajstić information content (AvgIpc) is 2.24. The molecule has 0 bridgehead atoms. The fourth-order valence-electron chi connectivity index (χ4n) is 2.57. The monoisotopic (exact) mass is 267 g/mol. The van der Waals surface area contributed by atoms with Gasteiger partial charge in [-0.15, -0.1) is 0 Å².